The van der Waals surface area contributed by atoms with Crippen molar-refractivity contribution in [3.8, 4) is 5.75 Å². The van der Waals surface area contributed by atoms with E-state index in [0.29, 0.717) is 24.4 Å². The van der Waals surface area contributed by atoms with Gasteiger partial charge >= 0.3 is 6.03 Å². The lowest BCUT2D eigenvalue weighted by Crippen LogP contribution is -2.49. The van der Waals surface area contributed by atoms with Crippen molar-refractivity contribution in [2.45, 2.75) is 6.42 Å². The Morgan fingerprint density at radius 1 is 1.41 bits per heavy atom. The average Bonchev–Trinajstić information content (AvgIpc) is 2.29. The fraction of sp³-hybridized carbons (Fsp3) is 0.273. The number of rotatable bonds is 2. The van der Waals surface area contributed by atoms with Crippen LogP contribution in [0.25, 0.3) is 0 Å². The Labute approximate surface area is 112 Å². The van der Waals surface area contributed by atoms with Crippen LogP contribution in [0.3, 0.4) is 0 Å². The van der Waals surface area contributed by atoms with Gasteiger partial charge in [0.05, 0.1) is 12.8 Å². The number of hydrogen-bond donors (Lipinski definition) is 1. The lowest BCUT2D eigenvalue weighted by atomic mass is 10.2. The van der Waals surface area contributed by atoms with Crippen LogP contribution in [0.4, 0.5) is 10.5 Å². The number of amides is 3. The van der Waals surface area contributed by atoms with Crippen LogP contribution >= 0.6 is 22.6 Å². The Balaban J connectivity index is 2.35. The van der Waals surface area contributed by atoms with E-state index in [0.717, 1.165) is 3.57 Å². The Morgan fingerprint density at radius 3 is 2.82 bits per heavy atom. The molecule has 0 radical (unpaired) electrons. The van der Waals surface area contributed by atoms with Crippen LogP contribution in [0.15, 0.2) is 18.2 Å². The maximum absolute atomic E-state index is 11.7. The number of halogens is 1. The number of nitrogens with zero attached hydrogens (tertiary/aromatic N) is 1. The molecule has 1 heterocycles. The monoisotopic (exact) mass is 346 g/mol. The van der Waals surface area contributed by atoms with Gasteiger partial charge in [-0.05, 0) is 40.8 Å². The zero-order valence-electron chi connectivity index (χ0n) is 9.20. The van der Waals surface area contributed by atoms with E-state index in [-0.39, 0.29) is 5.91 Å². The molecule has 0 aliphatic carbocycles. The molecule has 1 aliphatic rings. The summed E-state index contributed by atoms with van der Waals surface area (Å²) in [5, 5.41) is 2.29. The molecule has 0 spiro atoms. The molecular formula is C11H11IN2O3. The molecule has 0 bridgehead atoms. The first-order valence-electron chi connectivity index (χ1n) is 5.06. The van der Waals surface area contributed by atoms with E-state index in [1.807, 2.05) is 12.1 Å². The van der Waals surface area contributed by atoms with Crippen LogP contribution in [0, 0.1) is 3.57 Å². The van der Waals surface area contributed by atoms with E-state index < -0.39 is 6.03 Å². The van der Waals surface area contributed by atoms with E-state index in [1.165, 1.54) is 4.90 Å². The smallest absolute Gasteiger partial charge is 0.328 e. The van der Waals surface area contributed by atoms with Gasteiger partial charge in [-0.15, -0.1) is 0 Å². The first-order valence-corrected chi connectivity index (χ1v) is 6.14. The third-order valence-electron chi connectivity index (χ3n) is 2.49. The highest BCUT2D eigenvalue weighted by molar-refractivity contribution is 14.1. The van der Waals surface area contributed by atoms with Crippen LogP contribution in [-0.2, 0) is 4.79 Å². The maximum Gasteiger partial charge on any atom is 0.328 e. The van der Waals surface area contributed by atoms with Crippen LogP contribution < -0.4 is 15.0 Å². The van der Waals surface area contributed by atoms with Gasteiger partial charge in [-0.2, -0.15) is 0 Å². The summed E-state index contributed by atoms with van der Waals surface area (Å²) in [4.78, 5) is 24.3. The minimum atomic E-state index is -0.401. The molecule has 1 aromatic rings. The van der Waals surface area contributed by atoms with Gasteiger partial charge in [0.25, 0.3) is 0 Å². The number of anilines is 1. The summed E-state index contributed by atoms with van der Waals surface area (Å²) in [7, 11) is 1.55. The van der Waals surface area contributed by atoms with Crippen molar-refractivity contribution >= 4 is 40.2 Å². The summed E-state index contributed by atoms with van der Waals surface area (Å²) in [6, 6.07) is 5.16. The highest BCUT2D eigenvalue weighted by Crippen LogP contribution is 2.30. The van der Waals surface area contributed by atoms with Crippen molar-refractivity contribution in [1.82, 2.24) is 5.32 Å². The zero-order chi connectivity index (χ0) is 12.4. The number of nitrogens with one attached hydrogen (secondary N) is 1. The maximum atomic E-state index is 11.7. The summed E-state index contributed by atoms with van der Waals surface area (Å²) in [5.74, 6) is 0.380. The zero-order valence-corrected chi connectivity index (χ0v) is 11.4. The lowest BCUT2D eigenvalue weighted by Gasteiger charge is -2.27. The Bertz CT molecular complexity index is 476. The molecule has 0 atom stereocenters. The molecule has 1 N–H and O–H groups in total. The number of imide groups is 1. The van der Waals surface area contributed by atoms with Gasteiger partial charge in [0.15, 0.2) is 0 Å². The molecule has 1 aromatic carbocycles. The SMILES string of the molecule is COc1ccc(I)cc1N1CCC(=O)NC1=O. The molecule has 3 amide bonds. The predicted octanol–water partition coefficient (Wildman–Crippen LogP) is 1.75. The Kier molecular flexibility index (Phi) is 3.51. The molecule has 17 heavy (non-hydrogen) atoms. The predicted molar refractivity (Wildman–Crippen MR) is 71.2 cm³/mol. The van der Waals surface area contributed by atoms with Gasteiger partial charge in [0.2, 0.25) is 5.91 Å². The van der Waals surface area contributed by atoms with Crippen LogP contribution in [0.5, 0.6) is 5.75 Å². The van der Waals surface area contributed by atoms with Gasteiger partial charge in [0.1, 0.15) is 5.75 Å². The number of ether oxygens (including phenoxy) is 1. The van der Waals surface area contributed by atoms with Crippen molar-refractivity contribution in [2.24, 2.45) is 0 Å². The van der Waals surface area contributed by atoms with E-state index in [4.69, 9.17) is 4.74 Å². The molecule has 1 fully saturated rings. The first kappa shape index (κ1) is 12.2. The summed E-state index contributed by atoms with van der Waals surface area (Å²) in [5.41, 5.74) is 0.685. The van der Waals surface area contributed by atoms with Gasteiger partial charge in [-0.1, -0.05) is 0 Å². The van der Waals surface area contributed by atoms with Crippen LogP contribution in [-0.4, -0.2) is 25.6 Å². The lowest BCUT2D eigenvalue weighted by molar-refractivity contribution is -0.120. The van der Waals surface area contributed by atoms with Crippen molar-refractivity contribution in [3.63, 3.8) is 0 Å². The fourth-order valence-electron chi connectivity index (χ4n) is 1.67. The summed E-state index contributed by atoms with van der Waals surface area (Å²) in [6.45, 7) is 0.376. The van der Waals surface area contributed by atoms with Gasteiger partial charge < -0.3 is 4.74 Å². The number of carbonyl (C=O) groups is 2. The second kappa shape index (κ2) is 4.91. The Morgan fingerprint density at radius 2 is 2.18 bits per heavy atom. The number of methoxy groups -OCH3 is 1. The molecule has 1 saturated heterocycles. The molecule has 5 nitrogen and oxygen atoms in total. The number of carbonyl (C=O) groups excluding carboxylic acids is 2. The van der Waals surface area contributed by atoms with Crippen LogP contribution in [0.1, 0.15) is 6.42 Å². The van der Waals surface area contributed by atoms with Crippen molar-refractivity contribution in [2.75, 3.05) is 18.6 Å². The highest BCUT2D eigenvalue weighted by atomic mass is 127. The highest BCUT2D eigenvalue weighted by Gasteiger charge is 2.26. The number of benzene rings is 1. The summed E-state index contributed by atoms with van der Waals surface area (Å²) < 4.78 is 6.22. The molecular weight excluding hydrogens is 335 g/mol. The average molecular weight is 346 g/mol. The van der Waals surface area contributed by atoms with Crippen molar-refractivity contribution < 1.29 is 14.3 Å². The first-order chi connectivity index (χ1) is 8.11. The Hall–Kier alpha value is -1.31. The molecule has 0 aromatic heterocycles. The number of hydrogen-bond acceptors (Lipinski definition) is 3. The van der Waals surface area contributed by atoms with Gasteiger partial charge in [-0.25, -0.2) is 4.79 Å². The van der Waals surface area contributed by atoms with E-state index in [1.54, 1.807) is 13.2 Å². The largest absolute Gasteiger partial charge is 0.495 e. The quantitative estimate of drug-likeness (QED) is 0.830. The summed E-state index contributed by atoms with van der Waals surface area (Å²) in [6.07, 6.45) is 0.306. The molecule has 6 heteroatoms. The van der Waals surface area contributed by atoms with E-state index in [9.17, 15) is 9.59 Å². The number of urea groups is 1. The molecule has 1 aliphatic heterocycles. The summed E-state index contributed by atoms with van der Waals surface area (Å²) >= 11 is 2.16. The molecule has 2 rings (SSSR count). The third kappa shape index (κ3) is 2.51. The topological polar surface area (TPSA) is 58.6 Å². The van der Waals surface area contributed by atoms with E-state index in [2.05, 4.69) is 27.9 Å². The second-order valence-electron chi connectivity index (χ2n) is 3.57. The van der Waals surface area contributed by atoms with Crippen molar-refractivity contribution in [3.05, 3.63) is 21.8 Å². The third-order valence-corrected chi connectivity index (χ3v) is 3.16. The van der Waals surface area contributed by atoms with Gasteiger partial charge in [0, 0.05) is 16.5 Å². The van der Waals surface area contributed by atoms with E-state index >= 15 is 0 Å². The second-order valence-corrected chi connectivity index (χ2v) is 4.82. The molecule has 0 saturated carbocycles. The van der Waals surface area contributed by atoms with Crippen molar-refractivity contribution in [1.29, 1.82) is 0 Å². The normalized spacial score (nSPS) is 15.8. The van der Waals surface area contributed by atoms with Gasteiger partial charge in [-0.3, -0.25) is 15.0 Å². The molecule has 0 unspecified atom stereocenters. The minimum absolute atomic E-state index is 0.240. The fourth-order valence-corrected chi connectivity index (χ4v) is 2.14. The molecule has 90 valence electrons. The minimum Gasteiger partial charge on any atom is -0.495 e. The standard InChI is InChI=1S/C11H11IN2O3/c1-17-9-3-2-7(12)6-8(9)14-5-4-10(15)13-11(14)16/h2-3,6H,4-5H2,1H3,(H,13,15,16). The van der Waals surface area contributed by atoms with Crippen LogP contribution in [0.2, 0.25) is 0 Å².